The molecule has 0 saturated carbocycles. The summed E-state index contributed by atoms with van der Waals surface area (Å²) in [5.74, 6) is -0.724. The third kappa shape index (κ3) is 4.47. The van der Waals surface area contributed by atoms with Crippen molar-refractivity contribution in [2.75, 3.05) is 11.9 Å². The molecule has 0 bridgehead atoms. The van der Waals surface area contributed by atoms with Gasteiger partial charge in [0.1, 0.15) is 5.75 Å². The Kier molecular flexibility index (Phi) is 5.80. The van der Waals surface area contributed by atoms with E-state index in [9.17, 15) is 9.59 Å². The molecule has 1 aromatic carbocycles. The lowest BCUT2D eigenvalue weighted by atomic mass is 10.2. The van der Waals surface area contributed by atoms with Crippen molar-refractivity contribution in [3.8, 4) is 5.75 Å². The first-order valence-corrected chi connectivity index (χ1v) is 7.86. The van der Waals surface area contributed by atoms with Crippen molar-refractivity contribution in [2.45, 2.75) is 12.8 Å². The molecule has 2 N–H and O–H groups in total. The number of carbonyl (C=O) groups is 2. The van der Waals surface area contributed by atoms with Gasteiger partial charge in [0.2, 0.25) is 5.91 Å². The van der Waals surface area contributed by atoms with Gasteiger partial charge in [-0.15, -0.1) is 11.3 Å². The number of thiophene rings is 1. The van der Waals surface area contributed by atoms with Crippen molar-refractivity contribution in [3.05, 3.63) is 45.6 Å². The largest absolute Gasteiger partial charge is 0.492 e. The molecule has 0 fully saturated rings. The topological polar surface area (TPSA) is 75.6 Å². The van der Waals surface area contributed by atoms with Gasteiger partial charge in [-0.3, -0.25) is 4.79 Å². The summed E-state index contributed by atoms with van der Waals surface area (Å²) in [6, 6.07) is 7.11. The second kappa shape index (κ2) is 7.82. The van der Waals surface area contributed by atoms with Crippen molar-refractivity contribution in [1.29, 1.82) is 0 Å². The van der Waals surface area contributed by atoms with Crippen LogP contribution in [0.15, 0.2) is 35.0 Å². The summed E-state index contributed by atoms with van der Waals surface area (Å²) in [5, 5.41) is 15.2. The lowest BCUT2D eigenvalue weighted by Gasteiger charge is -2.08. The number of anilines is 1. The molecule has 0 radical (unpaired) electrons. The molecule has 0 atom stereocenters. The Labute approximate surface area is 136 Å². The lowest BCUT2D eigenvalue weighted by Crippen LogP contribution is -2.14. The molecule has 0 spiro atoms. The molecule has 0 unspecified atom stereocenters. The van der Waals surface area contributed by atoms with Gasteiger partial charge < -0.3 is 15.2 Å². The van der Waals surface area contributed by atoms with E-state index >= 15 is 0 Å². The summed E-state index contributed by atoms with van der Waals surface area (Å²) in [6.07, 6.45) is 0.739. The summed E-state index contributed by atoms with van der Waals surface area (Å²) in [6.45, 7) is 0.354. The van der Waals surface area contributed by atoms with Gasteiger partial charge in [0.25, 0.3) is 0 Å². The third-order valence-corrected chi connectivity index (χ3v) is 3.86. The molecule has 22 heavy (non-hydrogen) atoms. The Morgan fingerprint density at radius 1 is 1.27 bits per heavy atom. The van der Waals surface area contributed by atoms with Gasteiger partial charge in [-0.1, -0.05) is 23.7 Å². The van der Waals surface area contributed by atoms with Crippen LogP contribution in [0.1, 0.15) is 23.2 Å². The second-order valence-electron chi connectivity index (χ2n) is 4.43. The van der Waals surface area contributed by atoms with Crippen LogP contribution in [0, 0.1) is 0 Å². The molecule has 0 aliphatic carbocycles. The van der Waals surface area contributed by atoms with Gasteiger partial charge >= 0.3 is 5.97 Å². The SMILES string of the molecule is O=C(CCCOc1ccccc1Cl)Nc1cscc1C(=O)O. The number of aromatic carboxylic acids is 1. The van der Waals surface area contributed by atoms with E-state index < -0.39 is 5.97 Å². The zero-order valence-corrected chi connectivity index (χ0v) is 13.1. The Hall–Kier alpha value is -2.05. The maximum absolute atomic E-state index is 11.8. The van der Waals surface area contributed by atoms with Crippen molar-refractivity contribution in [1.82, 2.24) is 0 Å². The van der Waals surface area contributed by atoms with Gasteiger partial charge in [-0.25, -0.2) is 4.79 Å². The normalized spacial score (nSPS) is 10.2. The highest BCUT2D eigenvalue weighted by molar-refractivity contribution is 7.08. The fraction of sp³-hybridized carbons (Fsp3) is 0.200. The Morgan fingerprint density at radius 3 is 2.77 bits per heavy atom. The van der Waals surface area contributed by atoms with E-state index in [1.54, 1.807) is 17.5 Å². The van der Waals surface area contributed by atoms with E-state index in [4.69, 9.17) is 21.4 Å². The van der Waals surface area contributed by atoms with E-state index in [0.29, 0.717) is 29.5 Å². The Morgan fingerprint density at radius 2 is 2.05 bits per heavy atom. The number of carboxylic acids is 1. The van der Waals surface area contributed by atoms with E-state index in [2.05, 4.69) is 5.32 Å². The van der Waals surface area contributed by atoms with Crippen LogP contribution in [0.3, 0.4) is 0 Å². The van der Waals surface area contributed by atoms with E-state index in [-0.39, 0.29) is 17.9 Å². The van der Waals surface area contributed by atoms with Crippen LogP contribution in [0.25, 0.3) is 0 Å². The minimum absolute atomic E-state index is 0.102. The zero-order chi connectivity index (χ0) is 15.9. The molecule has 1 amide bonds. The maximum atomic E-state index is 11.8. The van der Waals surface area contributed by atoms with Gasteiger partial charge in [0, 0.05) is 17.2 Å². The highest BCUT2D eigenvalue weighted by atomic mass is 35.5. The predicted octanol–water partition coefficient (Wildman–Crippen LogP) is 3.90. The molecule has 5 nitrogen and oxygen atoms in total. The fourth-order valence-electron chi connectivity index (χ4n) is 1.75. The molecule has 0 aliphatic heterocycles. The standard InChI is InChI=1S/C15H14ClNO4S/c16-11-4-1-2-5-13(11)21-7-3-6-14(18)17-12-9-22-8-10(12)15(19)20/h1-2,4-5,8-9H,3,6-7H2,(H,17,18)(H,19,20). The molecule has 2 rings (SSSR count). The monoisotopic (exact) mass is 339 g/mol. The highest BCUT2D eigenvalue weighted by Crippen LogP contribution is 2.23. The average molecular weight is 340 g/mol. The summed E-state index contributed by atoms with van der Waals surface area (Å²) in [7, 11) is 0. The number of ether oxygens (including phenoxy) is 1. The number of benzene rings is 1. The first-order valence-electron chi connectivity index (χ1n) is 6.54. The quantitative estimate of drug-likeness (QED) is 0.750. The van der Waals surface area contributed by atoms with Crippen LogP contribution in [0.2, 0.25) is 5.02 Å². The third-order valence-electron chi connectivity index (χ3n) is 2.81. The van der Waals surface area contributed by atoms with Crippen molar-refractivity contribution < 1.29 is 19.4 Å². The Balaban J connectivity index is 1.75. The molecule has 2 aromatic rings. The number of halogens is 1. The molecule has 116 valence electrons. The fourth-order valence-corrected chi connectivity index (χ4v) is 2.69. The minimum Gasteiger partial charge on any atom is -0.492 e. The average Bonchev–Trinajstić information content (AvgIpc) is 2.93. The van der Waals surface area contributed by atoms with Crippen LogP contribution in [-0.2, 0) is 4.79 Å². The van der Waals surface area contributed by atoms with Crippen LogP contribution < -0.4 is 10.1 Å². The van der Waals surface area contributed by atoms with Crippen molar-refractivity contribution in [2.24, 2.45) is 0 Å². The molecule has 1 aromatic heterocycles. The number of amides is 1. The van der Waals surface area contributed by atoms with Crippen molar-refractivity contribution in [3.63, 3.8) is 0 Å². The first-order chi connectivity index (χ1) is 10.6. The van der Waals surface area contributed by atoms with Crippen LogP contribution in [-0.4, -0.2) is 23.6 Å². The smallest absolute Gasteiger partial charge is 0.338 e. The molecule has 0 saturated heterocycles. The predicted molar refractivity (Wildman–Crippen MR) is 86.1 cm³/mol. The van der Waals surface area contributed by atoms with Gasteiger partial charge in [0.15, 0.2) is 0 Å². The maximum Gasteiger partial charge on any atom is 0.338 e. The number of hydrogen-bond donors (Lipinski definition) is 2. The Bertz CT molecular complexity index is 671. The molecular weight excluding hydrogens is 326 g/mol. The molecule has 7 heteroatoms. The number of para-hydroxylation sites is 1. The molecule has 0 aliphatic rings. The van der Waals surface area contributed by atoms with Crippen LogP contribution in [0.5, 0.6) is 5.75 Å². The number of carbonyl (C=O) groups excluding carboxylic acids is 1. The first kappa shape index (κ1) is 16.3. The summed E-state index contributed by atoms with van der Waals surface area (Å²) < 4.78 is 5.48. The number of rotatable bonds is 7. The minimum atomic E-state index is -1.06. The van der Waals surface area contributed by atoms with Gasteiger partial charge in [-0.2, -0.15) is 0 Å². The summed E-state index contributed by atoms with van der Waals surface area (Å²) >= 11 is 7.18. The highest BCUT2D eigenvalue weighted by Gasteiger charge is 2.13. The second-order valence-corrected chi connectivity index (χ2v) is 5.59. The van der Waals surface area contributed by atoms with Gasteiger partial charge in [-0.05, 0) is 18.6 Å². The van der Waals surface area contributed by atoms with E-state index in [0.717, 1.165) is 0 Å². The number of hydrogen-bond acceptors (Lipinski definition) is 4. The lowest BCUT2D eigenvalue weighted by molar-refractivity contribution is -0.116. The van der Waals surface area contributed by atoms with E-state index in [1.165, 1.54) is 16.7 Å². The van der Waals surface area contributed by atoms with Gasteiger partial charge in [0.05, 0.1) is 22.9 Å². The van der Waals surface area contributed by atoms with Crippen LogP contribution in [0.4, 0.5) is 5.69 Å². The molecule has 1 heterocycles. The molecular formula is C15H14ClNO4S. The number of nitrogens with one attached hydrogen (secondary N) is 1. The zero-order valence-electron chi connectivity index (χ0n) is 11.5. The summed E-state index contributed by atoms with van der Waals surface area (Å²) in [5.41, 5.74) is 0.431. The van der Waals surface area contributed by atoms with E-state index in [1.807, 2.05) is 12.1 Å². The summed E-state index contributed by atoms with van der Waals surface area (Å²) in [4.78, 5) is 22.7. The van der Waals surface area contributed by atoms with Crippen molar-refractivity contribution >= 4 is 40.5 Å². The van der Waals surface area contributed by atoms with Crippen LogP contribution >= 0.6 is 22.9 Å². The number of carboxylic acid groups (broad SMARTS) is 1.